The van der Waals surface area contributed by atoms with Crippen LogP contribution in [0.25, 0.3) is 0 Å². The summed E-state index contributed by atoms with van der Waals surface area (Å²) in [6.07, 6.45) is 4.08. The molecule has 0 saturated heterocycles. The van der Waals surface area contributed by atoms with Crippen LogP contribution in [0.15, 0.2) is 0 Å². The maximum absolute atomic E-state index is 11.3. The second-order valence-corrected chi connectivity index (χ2v) is 6.39. The second kappa shape index (κ2) is 8.81. The average Bonchev–Trinajstić information content (AvgIpc) is 2.26. The Labute approximate surface area is 110 Å². The van der Waals surface area contributed by atoms with Crippen molar-refractivity contribution in [2.75, 3.05) is 18.6 Å². The van der Waals surface area contributed by atoms with Crippen LogP contribution in [0.5, 0.6) is 0 Å². The molecule has 0 bridgehead atoms. The molecule has 0 rings (SSSR count). The van der Waals surface area contributed by atoms with Crippen molar-refractivity contribution in [3.05, 3.63) is 0 Å². The van der Waals surface area contributed by atoms with Crippen LogP contribution in [0, 0.1) is 5.92 Å². The number of ether oxygens (including phenoxy) is 1. The van der Waals surface area contributed by atoms with Crippen LogP contribution in [0.2, 0.25) is 0 Å². The van der Waals surface area contributed by atoms with E-state index in [1.165, 1.54) is 19.3 Å². The maximum Gasteiger partial charge on any atom is 0.325 e. The molecule has 17 heavy (non-hydrogen) atoms. The number of carbonyl (C=O) groups is 1. The fraction of sp³-hybridized carbons (Fsp3) is 0.923. The summed E-state index contributed by atoms with van der Waals surface area (Å²) in [6, 6.07) is 0. The third-order valence-corrected chi connectivity index (χ3v) is 3.83. The number of hydrogen-bond donors (Lipinski definition) is 1. The topological polar surface area (TPSA) is 52.3 Å². The molecule has 2 N–H and O–H groups in total. The number of nitrogens with two attached hydrogens (primary N) is 1. The van der Waals surface area contributed by atoms with Gasteiger partial charge in [-0.25, -0.2) is 0 Å². The van der Waals surface area contributed by atoms with Crippen LogP contribution in [0.3, 0.4) is 0 Å². The number of thioether (sulfide) groups is 1. The van der Waals surface area contributed by atoms with E-state index in [0.29, 0.717) is 6.42 Å². The molecule has 0 aliphatic heterocycles. The van der Waals surface area contributed by atoms with Crippen LogP contribution >= 0.6 is 11.8 Å². The van der Waals surface area contributed by atoms with Gasteiger partial charge in [0.05, 0.1) is 7.11 Å². The molecule has 0 aromatic carbocycles. The van der Waals surface area contributed by atoms with E-state index < -0.39 is 5.54 Å². The van der Waals surface area contributed by atoms with E-state index >= 15 is 0 Å². The van der Waals surface area contributed by atoms with Gasteiger partial charge in [-0.05, 0) is 43.6 Å². The van der Waals surface area contributed by atoms with Gasteiger partial charge in [0.15, 0.2) is 0 Å². The fourth-order valence-electron chi connectivity index (χ4n) is 1.45. The minimum absolute atomic E-state index is 0.315. The molecular formula is C13H27NO2S. The van der Waals surface area contributed by atoms with Gasteiger partial charge in [0.2, 0.25) is 0 Å². The third kappa shape index (κ3) is 8.50. The SMILES string of the molecule is COC(=O)C(C)(N)CCCCSCCC(C)C. The number of unbranched alkanes of at least 4 members (excludes halogenated alkanes) is 1. The Hall–Kier alpha value is -0.220. The number of carbonyl (C=O) groups excluding carboxylic acids is 1. The van der Waals surface area contributed by atoms with Gasteiger partial charge in [-0.15, -0.1) is 0 Å². The first-order chi connectivity index (χ1) is 7.90. The monoisotopic (exact) mass is 261 g/mol. The van der Waals surface area contributed by atoms with E-state index in [-0.39, 0.29) is 5.97 Å². The van der Waals surface area contributed by atoms with Gasteiger partial charge in [0.1, 0.15) is 5.54 Å². The van der Waals surface area contributed by atoms with Gasteiger partial charge in [0, 0.05) is 0 Å². The summed E-state index contributed by atoms with van der Waals surface area (Å²) in [4.78, 5) is 11.3. The van der Waals surface area contributed by atoms with Gasteiger partial charge in [-0.2, -0.15) is 11.8 Å². The Morgan fingerprint density at radius 1 is 1.35 bits per heavy atom. The number of hydrogen-bond acceptors (Lipinski definition) is 4. The highest BCUT2D eigenvalue weighted by Crippen LogP contribution is 2.15. The lowest BCUT2D eigenvalue weighted by atomic mass is 9.97. The van der Waals surface area contributed by atoms with Crippen molar-refractivity contribution in [1.29, 1.82) is 0 Å². The first kappa shape index (κ1) is 16.8. The maximum atomic E-state index is 11.3. The quantitative estimate of drug-likeness (QED) is 0.512. The van der Waals surface area contributed by atoms with Crippen LogP contribution in [-0.2, 0) is 9.53 Å². The molecule has 0 fully saturated rings. The van der Waals surface area contributed by atoms with Gasteiger partial charge < -0.3 is 10.5 Å². The summed E-state index contributed by atoms with van der Waals surface area (Å²) >= 11 is 1.99. The Kier molecular flexibility index (Phi) is 8.70. The van der Waals surface area contributed by atoms with E-state index in [4.69, 9.17) is 5.73 Å². The Bertz CT molecular complexity index is 217. The molecular weight excluding hydrogens is 234 g/mol. The standard InChI is InChI=1S/C13H27NO2S/c1-11(2)7-10-17-9-6-5-8-13(3,14)12(15)16-4/h11H,5-10,14H2,1-4H3. The van der Waals surface area contributed by atoms with Crippen molar-refractivity contribution < 1.29 is 9.53 Å². The predicted molar refractivity (Wildman–Crippen MR) is 75.2 cm³/mol. The van der Waals surface area contributed by atoms with Gasteiger partial charge in [-0.1, -0.05) is 20.3 Å². The van der Waals surface area contributed by atoms with E-state index in [1.807, 2.05) is 11.8 Å². The molecule has 4 heteroatoms. The number of rotatable bonds is 9. The van der Waals surface area contributed by atoms with Crippen LogP contribution < -0.4 is 5.73 Å². The summed E-state index contributed by atoms with van der Waals surface area (Å²) in [5.41, 5.74) is 5.05. The van der Waals surface area contributed by atoms with Gasteiger partial charge >= 0.3 is 5.97 Å². The Balaban J connectivity index is 3.48. The largest absolute Gasteiger partial charge is 0.468 e. The summed E-state index contributed by atoms with van der Waals surface area (Å²) in [6.45, 7) is 6.23. The molecule has 0 aromatic heterocycles. The summed E-state index contributed by atoms with van der Waals surface area (Å²) < 4.78 is 4.67. The fourth-order valence-corrected chi connectivity index (χ4v) is 2.70. The van der Waals surface area contributed by atoms with Crippen molar-refractivity contribution in [3.63, 3.8) is 0 Å². The van der Waals surface area contributed by atoms with Crippen molar-refractivity contribution in [1.82, 2.24) is 0 Å². The van der Waals surface area contributed by atoms with E-state index in [9.17, 15) is 4.79 Å². The molecule has 0 saturated carbocycles. The molecule has 1 unspecified atom stereocenters. The highest BCUT2D eigenvalue weighted by Gasteiger charge is 2.28. The molecule has 0 amide bonds. The van der Waals surface area contributed by atoms with E-state index in [1.54, 1.807) is 6.92 Å². The van der Waals surface area contributed by atoms with E-state index in [0.717, 1.165) is 24.5 Å². The van der Waals surface area contributed by atoms with Crippen molar-refractivity contribution in [3.8, 4) is 0 Å². The molecule has 0 radical (unpaired) electrons. The molecule has 0 spiro atoms. The normalized spacial score (nSPS) is 14.7. The average molecular weight is 261 g/mol. The van der Waals surface area contributed by atoms with Crippen LogP contribution in [0.4, 0.5) is 0 Å². The zero-order valence-electron chi connectivity index (χ0n) is 11.6. The zero-order chi connectivity index (χ0) is 13.3. The Morgan fingerprint density at radius 2 is 2.00 bits per heavy atom. The highest BCUT2D eigenvalue weighted by atomic mass is 32.2. The van der Waals surface area contributed by atoms with E-state index in [2.05, 4.69) is 18.6 Å². The predicted octanol–water partition coefficient (Wildman–Crippen LogP) is 2.83. The smallest absolute Gasteiger partial charge is 0.325 e. The first-order valence-electron chi connectivity index (χ1n) is 6.35. The minimum Gasteiger partial charge on any atom is -0.468 e. The molecule has 3 nitrogen and oxygen atoms in total. The lowest BCUT2D eigenvalue weighted by Crippen LogP contribution is -2.45. The van der Waals surface area contributed by atoms with Crippen LogP contribution in [0.1, 0.15) is 46.5 Å². The summed E-state index contributed by atoms with van der Waals surface area (Å²) in [5, 5.41) is 0. The van der Waals surface area contributed by atoms with Gasteiger partial charge in [0.25, 0.3) is 0 Å². The minimum atomic E-state index is -0.822. The van der Waals surface area contributed by atoms with Crippen molar-refractivity contribution in [2.24, 2.45) is 11.7 Å². The Morgan fingerprint density at radius 3 is 2.53 bits per heavy atom. The molecule has 0 aliphatic carbocycles. The van der Waals surface area contributed by atoms with Crippen LogP contribution in [-0.4, -0.2) is 30.1 Å². The number of methoxy groups -OCH3 is 1. The van der Waals surface area contributed by atoms with Crippen molar-refractivity contribution >= 4 is 17.7 Å². The first-order valence-corrected chi connectivity index (χ1v) is 7.50. The van der Waals surface area contributed by atoms with Crippen molar-refractivity contribution in [2.45, 2.75) is 52.0 Å². The summed E-state index contributed by atoms with van der Waals surface area (Å²) in [5.74, 6) is 2.86. The molecule has 0 aliphatic rings. The molecule has 0 aromatic rings. The van der Waals surface area contributed by atoms with Gasteiger partial charge in [-0.3, -0.25) is 4.79 Å². The second-order valence-electron chi connectivity index (χ2n) is 5.16. The third-order valence-electron chi connectivity index (χ3n) is 2.73. The summed E-state index contributed by atoms with van der Waals surface area (Å²) in [7, 11) is 1.38. The lowest BCUT2D eigenvalue weighted by molar-refractivity contribution is -0.146. The number of esters is 1. The molecule has 0 heterocycles. The zero-order valence-corrected chi connectivity index (χ0v) is 12.4. The lowest BCUT2D eigenvalue weighted by Gasteiger charge is -2.20. The highest BCUT2D eigenvalue weighted by molar-refractivity contribution is 7.99. The molecule has 1 atom stereocenters. The molecule has 102 valence electrons.